The first-order valence-electron chi connectivity index (χ1n) is 18.9. The molecule has 57 heavy (non-hydrogen) atoms. The number of benzene rings is 5. The molecule has 9 nitrogen and oxygen atoms in total. The molecule has 9 heteroatoms. The third-order valence-corrected chi connectivity index (χ3v) is 10.2. The predicted octanol–water partition coefficient (Wildman–Crippen LogP) is 10.8. The highest BCUT2D eigenvalue weighted by Crippen LogP contribution is 2.41. The monoisotopic (exact) mass is 741 g/mol. The van der Waals surface area contributed by atoms with Gasteiger partial charge in [0, 0.05) is 34.6 Å². The van der Waals surface area contributed by atoms with Crippen molar-refractivity contribution in [3.8, 4) is 51.2 Å². The van der Waals surface area contributed by atoms with Gasteiger partial charge in [-0.15, -0.1) is 0 Å². The van der Waals surface area contributed by atoms with Crippen molar-refractivity contribution in [2.24, 2.45) is 0 Å². The van der Waals surface area contributed by atoms with Crippen molar-refractivity contribution in [2.45, 2.75) is 26.8 Å². The van der Waals surface area contributed by atoms with Gasteiger partial charge in [0.05, 0.1) is 52.2 Å². The van der Waals surface area contributed by atoms with Gasteiger partial charge in [-0.1, -0.05) is 83.9 Å². The van der Waals surface area contributed by atoms with E-state index in [0.717, 1.165) is 72.9 Å². The van der Waals surface area contributed by atoms with Crippen molar-refractivity contribution in [1.82, 2.24) is 34.5 Å². The Morgan fingerprint density at radius 3 is 1.79 bits per heavy atom. The molecule has 0 aliphatic rings. The molecule has 276 valence electrons. The van der Waals surface area contributed by atoms with E-state index in [2.05, 4.69) is 119 Å². The maximum atomic E-state index is 6.70. The summed E-state index contributed by atoms with van der Waals surface area (Å²) in [6, 6.07) is 46.9. The number of fused-ring (bicyclic) bond motifs is 1. The number of aromatic nitrogens is 7. The fourth-order valence-corrected chi connectivity index (χ4v) is 7.21. The van der Waals surface area contributed by atoms with Gasteiger partial charge in [0.15, 0.2) is 17.5 Å². The number of para-hydroxylation sites is 4. The zero-order chi connectivity index (χ0) is 38.9. The Morgan fingerprint density at radius 1 is 0.561 bits per heavy atom. The number of rotatable bonds is 9. The molecule has 0 bridgehead atoms. The van der Waals surface area contributed by atoms with Crippen molar-refractivity contribution in [2.75, 3.05) is 10.6 Å². The van der Waals surface area contributed by atoms with Gasteiger partial charge in [0.2, 0.25) is 0 Å². The average molecular weight is 742 g/mol. The molecule has 0 saturated carbocycles. The van der Waals surface area contributed by atoms with E-state index in [1.807, 2.05) is 73.1 Å². The van der Waals surface area contributed by atoms with Gasteiger partial charge in [-0.3, -0.25) is 14.5 Å². The number of aryl methyl sites for hydroxylation is 2. The van der Waals surface area contributed by atoms with Gasteiger partial charge in [-0.25, -0.2) is 19.9 Å². The van der Waals surface area contributed by atoms with Crippen LogP contribution >= 0.6 is 0 Å². The molecule has 0 saturated heterocycles. The van der Waals surface area contributed by atoms with E-state index in [-0.39, 0.29) is 6.04 Å². The first-order chi connectivity index (χ1) is 27.9. The molecule has 1 unspecified atom stereocenters. The summed E-state index contributed by atoms with van der Waals surface area (Å²) in [5.74, 6) is 2.49. The quantitative estimate of drug-likeness (QED) is 0.146. The lowest BCUT2D eigenvalue weighted by Crippen LogP contribution is -2.23. The summed E-state index contributed by atoms with van der Waals surface area (Å²) in [6.45, 7) is 6.33. The van der Waals surface area contributed by atoms with E-state index in [0.29, 0.717) is 23.2 Å². The number of anilines is 3. The summed E-state index contributed by atoms with van der Waals surface area (Å²) in [6.07, 6.45) is 7.29. The molecule has 2 N–H and O–H groups in total. The Balaban J connectivity index is 1.31. The normalized spacial score (nSPS) is 11.8. The second kappa shape index (κ2) is 15.0. The average Bonchev–Trinajstić information content (AvgIpc) is 3.65. The standard InChI is InChI=1S/C48H39N9/c1-31-16-20-34(21-17-31)45-53-46(35-22-18-32(2)19-23-35)55-47(54-45)37-26-36(33(3)56(39-10-8-24-50-29-39)43-14-6-4-12-41(43)49)27-38(28-37)48-52-42-13-5-7-15-44(42)57(48)40-11-9-25-51-30-40/h4-30,33H,49H2,1-3H3. The van der Waals surface area contributed by atoms with Crippen molar-refractivity contribution < 1.29 is 0 Å². The third-order valence-electron chi connectivity index (χ3n) is 10.2. The Kier molecular flexibility index (Phi) is 9.24. The van der Waals surface area contributed by atoms with Crippen LogP contribution in [0.15, 0.2) is 164 Å². The van der Waals surface area contributed by atoms with E-state index in [4.69, 9.17) is 25.7 Å². The smallest absolute Gasteiger partial charge is 0.164 e. The summed E-state index contributed by atoms with van der Waals surface area (Å²) in [7, 11) is 0. The van der Waals surface area contributed by atoms with Crippen LogP contribution in [0.5, 0.6) is 0 Å². The third kappa shape index (κ3) is 6.98. The zero-order valence-electron chi connectivity index (χ0n) is 31.8. The number of imidazole rings is 1. The van der Waals surface area contributed by atoms with Crippen LogP contribution < -0.4 is 10.6 Å². The molecule has 9 aromatic rings. The summed E-state index contributed by atoms with van der Waals surface area (Å²) >= 11 is 0. The second-order valence-corrected chi connectivity index (χ2v) is 14.2. The molecule has 1 atom stereocenters. The summed E-state index contributed by atoms with van der Waals surface area (Å²) in [4.78, 5) is 31.8. The van der Waals surface area contributed by atoms with Crippen molar-refractivity contribution in [1.29, 1.82) is 0 Å². The number of hydrogen-bond acceptors (Lipinski definition) is 8. The number of nitrogens with zero attached hydrogens (tertiary/aromatic N) is 8. The Bertz CT molecular complexity index is 2770. The van der Waals surface area contributed by atoms with Crippen LogP contribution in [0.4, 0.5) is 17.1 Å². The van der Waals surface area contributed by atoms with E-state index in [1.54, 1.807) is 12.4 Å². The number of hydrogen-bond donors (Lipinski definition) is 1. The van der Waals surface area contributed by atoms with E-state index in [1.165, 1.54) is 0 Å². The zero-order valence-corrected chi connectivity index (χ0v) is 31.8. The van der Waals surface area contributed by atoms with Crippen molar-refractivity contribution in [3.63, 3.8) is 0 Å². The van der Waals surface area contributed by atoms with Gasteiger partial charge in [-0.05, 0) is 93.1 Å². The lowest BCUT2D eigenvalue weighted by Gasteiger charge is -2.33. The first kappa shape index (κ1) is 35.2. The van der Waals surface area contributed by atoms with Crippen molar-refractivity contribution >= 4 is 28.1 Å². The lowest BCUT2D eigenvalue weighted by molar-refractivity contribution is 0.773. The molecule has 5 aromatic carbocycles. The fraction of sp³-hybridized carbons (Fsp3) is 0.0833. The minimum atomic E-state index is -0.233. The molecule has 0 aliphatic carbocycles. The van der Waals surface area contributed by atoms with E-state index >= 15 is 0 Å². The topological polar surface area (TPSA) is 112 Å². The van der Waals surface area contributed by atoms with Crippen LogP contribution in [-0.2, 0) is 0 Å². The van der Waals surface area contributed by atoms with Crippen molar-refractivity contribution in [3.05, 3.63) is 181 Å². The van der Waals surface area contributed by atoms with Crippen LogP contribution in [0.1, 0.15) is 29.7 Å². The van der Waals surface area contributed by atoms with Crippen LogP contribution in [0.25, 0.3) is 62.3 Å². The van der Waals surface area contributed by atoms with Crippen LogP contribution in [0.3, 0.4) is 0 Å². The van der Waals surface area contributed by atoms with Gasteiger partial charge < -0.3 is 10.6 Å². The van der Waals surface area contributed by atoms with Crippen LogP contribution in [0.2, 0.25) is 0 Å². The largest absolute Gasteiger partial charge is 0.397 e. The van der Waals surface area contributed by atoms with E-state index in [9.17, 15) is 0 Å². The second-order valence-electron chi connectivity index (χ2n) is 14.2. The molecule has 0 radical (unpaired) electrons. The number of nitrogens with two attached hydrogens (primary N) is 1. The number of pyridine rings is 2. The SMILES string of the molecule is Cc1ccc(-c2nc(-c3ccc(C)cc3)nc(-c3cc(-c4nc5ccccc5n4-c4cccnc4)cc(C(C)N(c4cccnc4)c4ccccc4N)c3)n2)cc1. The lowest BCUT2D eigenvalue weighted by atomic mass is 9.98. The minimum Gasteiger partial charge on any atom is -0.397 e. The molecular formula is C48H39N9. The highest BCUT2D eigenvalue weighted by molar-refractivity contribution is 5.85. The Hall–Kier alpha value is -7.52. The molecule has 0 aliphatic heterocycles. The van der Waals surface area contributed by atoms with Gasteiger partial charge in [0.25, 0.3) is 0 Å². The predicted molar refractivity (Wildman–Crippen MR) is 229 cm³/mol. The van der Waals surface area contributed by atoms with Crippen LogP contribution in [-0.4, -0.2) is 34.5 Å². The van der Waals surface area contributed by atoms with Gasteiger partial charge in [-0.2, -0.15) is 0 Å². The summed E-state index contributed by atoms with van der Waals surface area (Å²) in [5, 5.41) is 0. The van der Waals surface area contributed by atoms with Gasteiger partial charge >= 0.3 is 0 Å². The maximum Gasteiger partial charge on any atom is 0.164 e. The van der Waals surface area contributed by atoms with Crippen LogP contribution in [0, 0.1) is 13.8 Å². The molecule has 0 spiro atoms. The molecule has 0 fully saturated rings. The molecule has 4 heterocycles. The molecule has 0 amide bonds. The van der Waals surface area contributed by atoms with E-state index < -0.39 is 0 Å². The Morgan fingerprint density at radius 2 is 1.16 bits per heavy atom. The first-order valence-corrected chi connectivity index (χ1v) is 18.9. The van der Waals surface area contributed by atoms with Gasteiger partial charge in [0.1, 0.15) is 5.82 Å². The fourth-order valence-electron chi connectivity index (χ4n) is 7.21. The summed E-state index contributed by atoms with van der Waals surface area (Å²) < 4.78 is 2.16. The Labute approximate surface area is 331 Å². The highest BCUT2D eigenvalue weighted by atomic mass is 15.2. The molecule has 4 aromatic heterocycles. The summed E-state index contributed by atoms with van der Waals surface area (Å²) in [5.41, 5.74) is 18.7. The minimum absolute atomic E-state index is 0.233. The molecular weight excluding hydrogens is 703 g/mol. The molecule has 9 rings (SSSR count). The highest BCUT2D eigenvalue weighted by Gasteiger charge is 2.25. The maximum absolute atomic E-state index is 6.70. The number of nitrogen functional groups attached to an aromatic ring is 1.